The Hall–Kier alpha value is -0.0800. The van der Waals surface area contributed by atoms with Crippen LogP contribution in [0.5, 0.6) is 0 Å². The fourth-order valence-corrected chi connectivity index (χ4v) is 2.36. The van der Waals surface area contributed by atoms with Gasteiger partial charge in [0.05, 0.1) is 6.10 Å². The molecular formula is C12H25NO. The maximum absolute atomic E-state index is 9.82. The summed E-state index contributed by atoms with van der Waals surface area (Å²) in [5.41, 5.74) is 0. The largest absolute Gasteiger partial charge is 0.392 e. The third kappa shape index (κ3) is 3.58. The van der Waals surface area contributed by atoms with Gasteiger partial charge >= 0.3 is 0 Å². The van der Waals surface area contributed by atoms with Gasteiger partial charge in [0.25, 0.3) is 0 Å². The Bertz CT molecular complexity index is 149. The first kappa shape index (κ1) is 12.0. The molecule has 14 heavy (non-hydrogen) atoms. The molecule has 1 aliphatic rings. The van der Waals surface area contributed by atoms with Crippen LogP contribution in [0.2, 0.25) is 0 Å². The van der Waals surface area contributed by atoms with Gasteiger partial charge in [0.2, 0.25) is 0 Å². The Morgan fingerprint density at radius 2 is 2.00 bits per heavy atom. The van der Waals surface area contributed by atoms with Crippen molar-refractivity contribution >= 4 is 0 Å². The first-order valence-electron chi connectivity index (χ1n) is 6.22. The van der Waals surface area contributed by atoms with Crippen LogP contribution in [0.25, 0.3) is 0 Å². The van der Waals surface area contributed by atoms with E-state index in [1.165, 1.54) is 32.1 Å². The number of rotatable bonds is 5. The topological polar surface area (TPSA) is 32.3 Å². The molecule has 3 atom stereocenters. The lowest BCUT2D eigenvalue weighted by Gasteiger charge is -2.32. The molecule has 1 saturated carbocycles. The maximum atomic E-state index is 9.82. The number of aliphatic hydroxyl groups is 1. The van der Waals surface area contributed by atoms with E-state index in [4.69, 9.17) is 0 Å². The Kier molecular flexibility index (Phi) is 5.49. The zero-order chi connectivity index (χ0) is 10.4. The van der Waals surface area contributed by atoms with Gasteiger partial charge < -0.3 is 10.4 Å². The third-order valence-corrected chi connectivity index (χ3v) is 3.31. The standard InChI is InChI=1S/C12H25NO/c1-3-7-10(4-2)13-11-8-5-6-9-12(11)14/h10-14H,3-9H2,1-2H3/t10?,11-,12-/m0/s1. The van der Waals surface area contributed by atoms with Crippen molar-refractivity contribution in [2.45, 2.75) is 77.0 Å². The number of nitrogens with one attached hydrogen (secondary N) is 1. The Morgan fingerprint density at radius 1 is 1.29 bits per heavy atom. The minimum absolute atomic E-state index is 0.102. The van der Waals surface area contributed by atoms with Crippen LogP contribution in [0.4, 0.5) is 0 Å². The molecule has 2 heteroatoms. The van der Waals surface area contributed by atoms with Crippen LogP contribution < -0.4 is 5.32 Å². The van der Waals surface area contributed by atoms with Gasteiger partial charge in [-0.3, -0.25) is 0 Å². The van der Waals surface area contributed by atoms with Gasteiger partial charge in [0, 0.05) is 12.1 Å². The minimum Gasteiger partial charge on any atom is -0.392 e. The van der Waals surface area contributed by atoms with Gasteiger partial charge in [-0.25, -0.2) is 0 Å². The lowest BCUT2D eigenvalue weighted by molar-refractivity contribution is 0.0837. The van der Waals surface area contributed by atoms with Crippen molar-refractivity contribution in [2.75, 3.05) is 0 Å². The molecule has 1 fully saturated rings. The van der Waals surface area contributed by atoms with E-state index in [1.54, 1.807) is 0 Å². The molecule has 1 rings (SSSR count). The summed E-state index contributed by atoms with van der Waals surface area (Å²) in [4.78, 5) is 0. The molecule has 0 heterocycles. The van der Waals surface area contributed by atoms with E-state index in [-0.39, 0.29) is 6.10 Å². The van der Waals surface area contributed by atoms with Crippen LogP contribution in [0.3, 0.4) is 0 Å². The first-order valence-corrected chi connectivity index (χ1v) is 6.22. The van der Waals surface area contributed by atoms with E-state index < -0.39 is 0 Å². The highest BCUT2D eigenvalue weighted by atomic mass is 16.3. The molecule has 0 aromatic carbocycles. The van der Waals surface area contributed by atoms with Gasteiger partial charge in [-0.2, -0.15) is 0 Å². The van der Waals surface area contributed by atoms with Crippen LogP contribution >= 0.6 is 0 Å². The van der Waals surface area contributed by atoms with Crippen molar-refractivity contribution in [1.82, 2.24) is 5.32 Å². The molecule has 84 valence electrons. The van der Waals surface area contributed by atoms with Crippen LogP contribution in [0.15, 0.2) is 0 Å². The monoisotopic (exact) mass is 199 g/mol. The Balaban J connectivity index is 2.31. The molecule has 1 aliphatic carbocycles. The average molecular weight is 199 g/mol. The van der Waals surface area contributed by atoms with Gasteiger partial charge in [-0.1, -0.05) is 33.1 Å². The van der Waals surface area contributed by atoms with Gasteiger partial charge in [0.1, 0.15) is 0 Å². The molecule has 0 amide bonds. The number of hydrogen-bond donors (Lipinski definition) is 2. The van der Waals surface area contributed by atoms with E-state index in [1.807, 2.05) is 0 Å². The van der Waals surface area contributed by atoms with Crippen molar-refractivity contribution in [3.05, 3.63) is 0 Å². The summed E-state index contributed by atoms with van der Waals surface area (Å²) >= 11 is 0. The molecule has 2 N–H and O–H groups in total. The van der Waals surface area contributed by atoms with Crippen LogP contribution in [-0.2, 0) is 0 Å². The fraction of sp³-hybridized carbons (Fsp3) is 1.00. The average Bonchev–Trinajstić information content (AvgIpc) is 2.20. The van der Waals surface area contributed by atoms with Gasteiger partial charge in [-0.05, 0) is 25.7 Å². The smallest absolute Gasteiger partial charge is 0.0693 e. The van der Waals surface area contributed by atoms with Gasteiger partial charge in [-0.15, -0.1) is 0 Å². The molecular weight excluding hydrogens is 174 g/mol. The number of aliphatic hydroxyl groups excluding tert-OH is 1. The van der Waals surface area contributed by atoms with Crippen LogP contribution in [0.1, 0.15) is 58.8 Å². The van der Waals surface area contributed by atoms with Crippen molar-refractivity contribution in [1.29, 1.82) is 0 Å². The van der Waals surface area contributed by atoms with Gasteiger partial charge in [0.15, 0.2) is 0 Å². The zero-order valence-electron chi connectivity index (χ0n) is 9.63. The summed E-state index contributed by atoms with van der Waals surface area (Å²) in [5, 5.41) is 13.4. The Morgan fingerprint density at radius 3 is 2.57 bits per heavy atom. The number of hydrogen-bond acceptors (Lipinski definition) is 2. The zero-order valence-corrected chi connectivity index (χ0v) is 9.63. The molecule has 0 spiro atoms. The summed E-state index contributed by atoms with van der Waals surface area (Å²) in [6.07, 6.45) is 8.16. The van der Waals surface area contributed by atoms with Crippen molar-refractivity contribution in [3.63, 3.8) is 0 Å². The molecule has 0 aromatic rings. The third-order valence-electron chi connectivity index (χ3n) is 3.31. The molecule has 0 aromatic heterocycles. The minimum atomic E-state index is -0.102. The molecule has 1 unspecified atom stereocenters. The molecule has 0 radical (unpaired) electrons. The van der Waals surface area contributed by atoms with E-state index in [0.717, 1.165) is 12.8 Å². The summed E-state index contributed by atoms with van der Waals surface area (Å²) in [6, 6.07) is 0.970. The Labute approximate surface area is 88.1 Å². The lowest BCUT2D eigenvalue weighted by Crippen LogP contribution is -2.46. The SMILES string of the molecule is CCCC(CC)N[C@H]1CCCC[C@@H]1O. The van der Waals surface area contributed by atoms with Crippen molar-refractivity contribution < 1.29 is 5.11 Å². The predicted molar refractivity (Wildman–Crippen MR) is 60.4 cm³/mol. The van der Waals surface area contributed by atoms with Crippen LogP contribution in [0, 0.1) is 0 Å². The highest BCUT2D eigenvalue weighted by molar-refractivity contribution is 4.83. The normalized spacial score (nSPS) is 30.2. The quantitative estimate of drug-likeness (QED) is 0.713. The van der Waals surface area contributed by atoms with Crippen LogP contribution in [-0.4, -0.2) is 23.3 Å². The second-order valence-corrected chi connectivity index (χ2v) is 4.52. The van der Waals surface area contributed by atoms with E-state index >= 15 is 0 Å². The lowest BCUT2D eigenvalue weighted by atomic mass is 9.91. The summed E-state index contributed by atoms with van der Waals surface area (Å²) in [6.45, 7) is 4.45. The highest BCUT2D eigenvalue weighted by Gasteiger charge is 2.24. The summed E-state index contributed by atoms with van der Waals surface area (Å²) in [7, 11) is 0. The summed E-state index contributed by atoms with van der Waals surface area (Å²) in [5.74, 6) is 0. The fourth-order valence-electron chi connectivity index (χ4n) is 2.36. The molecule has 0 aliphatic heterocycles. The molecule has 2 nitrogen and oxygen atoms in total. The first-order chi connectivity index (χ1) is 6.77. The van der Waals surface area contributed by atoms with E-state index in [0.29, 0.717) is 12.1 Å². The summed E-state index contributed by atoms with van der Waals surface area (Å²) < 4.78 is 0. The second-order valence-electron chi connectivity index (χ2n) is 4.52. The highest BCUT2D eigenvalue weighted by Crippen LogP contribution is 2.19. The molecule has 0 saturated heterocycles. The maximum Gasteiger partial charge on any atom is 0.0693 e. The van der Waals surface area contributed by atoms with Crippen molar-refractivity contribution in [3.8, 4) is 0 Å². The van der Waals surface area contributed by atoms with Crippen molar-refractivity contribution in [2.24, 2.45) is 0 Å². The molecule has 0 bridgehead atoms. The predicted octanol–water partition coefficient (Wildman–Crippen LogP) is 2.46. The van der Waals surface area contributed by atoms with E-state index in [9.17, 15) is 5.11 Å². The van der Waals surface area contributed by atoms with E-state index in [2.05, 4.69) is 19.2 Å². The second kappa shape index (κ2) is 6.41.